The van der Waals surface area contributed by atoms with Crippen molar-refractivity contribution in [2.45, 2.75) is 13.3 Å². The predicted molar refractivity (Wildman–Crippen MR) is 82.7 cm³/mol. The third-order valence-corrected chi connectivity index (χ3v) is 3.18. The maximum atomic E-state index is 12.2. The molecule has 2 rings (SSSR count). The van der Waals surface area contributed by atoms with Crippen molar-refractivity contribution < 1.29 is 10.0 Å². The van der Waals surface area contributed by atoms with Crippen LogP contribution in [0.2, 0.25) is 0 Å². The summed E-state index contributed by atoms with van der Waals surface area (Å²) >= 11 is 0. The van der Waals surface area contributed by atoms with Crippen molar-refractivity contribution in [3.63, 3.8) is 0 Å². The van der Waals surface area contributed by atoms with E-state index in [1.165, 1.54) is 5.56 Å². The van der Waals surface area contributed by atoms with E-state index in [2.05, 4.69) is 17.4 Å². The number of para-hydroxylation sites is 1. The first-order chi connectivity index (χ1) is 10.2. The summed E-state index contributed by atoms with van der Waals surface area (Å²) in [7, 11) is 0. The van der Waals surface area contributed by atoms with Crippen molar-refractivity contribution in [1.82, 2.24) is 0 Å². The molecule has 0 aliphatic rings. The molecule has 0 fully saturated rings. The number of hydrogen-bond acceptors (Lipinski definition) is 3. The number of anilines is 1. The van der Waals surface area contributed by atoms with E-state index in [4.69, 9.17) is 10.9 Å². The number of hydrogen-bond donors (Lipinski definition) is 3. The number of rotatable bonds is 4. The van der Waals surface area contributed by atoms with E-state index in [0.717, 1.165) is 6.42 Å². The molecule has 5 nitrogen and oxygen atoms in total. The minimum absolute atomic E-state index is 0.0489. The Morgan fingerprint density at radius 2 is 1.86 bits per heavy atom. The number of amides is 1. The predicted octanol–water partition coefficient (Wildman–Crippen LogP) is 2.60. The van der Waals surface area contributed by atoms with E-state index in [1.54, 1.807) is 36.4 Å². The van der Waals surface area contributed by atoms with Gasteiger partial charge in [0.2, 0.25) is 0 Å². The SMILES string of the molecule is CCc1ccc(C(=O)Nc2ccccc2/C(N)=N/O)cc1. The molecule has 0 aromatic heterocycles. The van der Waals surface area contributed by atoms with Crippen LogP contribution < -0.4 is 11.1 Å². The van der Waals surface area contributed by atoms with Crippen LogP contribution in [0.25, 0.3) is 0 Å². The van der Waals surface area contributed by atoms with Crippen LogP contribution in [0.15, 0.2) is 53.7 Å². The zero-order valence-electron chi connectivity index (χ0n) is 11.7. The van der Waals surface area contributed by atoms with Crippen LogP contribution in [0.4, 0.5) is 5.69 Å². The molecule has 0 aliphatic heterocycles. The van der Waals surface area contributed by atoms with Gasteiger partial charge in [-0.1, -0.05) is 36.3 Å². The Labute approximate surface area is 123 Å². The number of nitrogens with two attached hydrogens (primary N) is 1. The van der Waals surface area contributed by atoms with Crippen LogP contribution >= 0.6 is 0 Å². The summed E-state index contributed by atoms with van der Waals surface area (Å²) in [4.78, 5) is 12.2. The molecule has 0 heterocycles. The van der Waals surface area contributed by atoms with Gasteiger partial charge >= 0.3 is 0 Å². The standard InChI is InChI=1S/C16H17N3O2/c1-2-11-7-9-12(10-8-11)16(20)18-14-6-4-3-5-13(14)15(17)19-21/h3-10,21H,2H2,1H3,(H2,17,19)(H,18,20). The first kappa shape index (κ1) is 14.6. The number of carbonyl (C=O) groups is 1. The number of nitrogens with one attached hydrogen (secondary N) is 1. The Bertz CT molecular complexity index is 663. The Morgan fingerprint density at radius 3 is 2.48 bits per heavy atom. The second-order valence-corrected chi connectivity index (χ2v) is 4.54. The molecule has 108 valence electrons. The fourth-order valence-electron chi connectivity index (χ4n) is 1.96. The lowest BCUT2D eigenvalue weighted by molar-refractivity contribution is 0.102. The maximum Gasteiger partial charge on any atom is 0.255 e. The first-order valence-corrected chi connectivity index (χ1v) is 6.63. The molecule has 0 spiro atoms. The summed E-state index contributed by atoms with van der Waals surface area (Å²) in [6.07, 6.45) is 0.925. The summed E-state index contributed by atoms with van der Waals surface area (Å²) < 4.78 is 0. The van der Waals surface area contributed by atoms with Gasteiger partial charge in [-0.15, -0.1) is 0 Å². The topological polar surface area (TPSA) is 87.7 Å². The van der Waals surface area contributed by atoms with E-state index in [0.29, 0.717) is 16.8 Å². The molecule has 0 unspecified atom stereocenters. The summed E-state index contributed by atoms with van der Waals surface area (Å²) in [5.41, 5.74) is 8.29. The van der Waals surface area contributed by atoms with E-state index in [9.17, 15) is 4.79 Å². The summed E-state index contributed by atoms with van der Waals surface area (Å²) in [6, 6.07) is 14.3. The third kappa shape index (κ3) is 3.39. The molecule has 0 saturated heterocycles. The number of aryl methyl sites for hydroxylation is 1. The molecule has 0 radical (unpaired) electrons. The van der Waals surface area contributed by atoms with E-state index in [1.807, 2.05) is 12.1 Å². The fourth-order valence-corrected chi connectivity index (χ4v) is 1.96. The van der Waals surface area contributed by atoms with Gasteiger partial charge in [-0.25, -0.2) is 0 Å². The second kappa shape index (κ2) is 6.56. The lowest BCUT2D eigenvalue weighted by atomic mass is 10.1. The molecule has 21 heavy (non-hydrogen) atoms. The van der Waals surface area contributed by atoms with Gasteiger partial charge in [-0.2, -0.15) is 0 Å². The summed E-state index contributed by atoms with van der Waals surface area (Å²) in [5, 5.41) is 14.5. The first-order valence-electron chi connectivity index (χ1n) is 6.63. The smallest absolute Gasteiger partial charge is 0.255 e. The maximum absolute atomic E-state index is 12.2. The number of carbonyl (C=O) groups excluding carboxylic acids is 1. The van der Waals surface area contributed by atoms with Crippen molar-refractivity contribution in [3.8, 4) is 0 Å². The highest BCUT2D eigenvalue weighted by Crippen LogP contribution is 2.16. The van der Waals surface area contributed by atoms with Gasteiger partial charge in [0.1, 0.15) is 0 Å². The van der Waals surface area contributed by atoms with Crippen LogP contribution in [-0.2, 0) is 6.42 Å². The van der Waals surface area contributed by atoms with Gasteiger partial charge in [0.25, 0.3) is 5.91 Å². The number of amidine groups is 1. The van der Waals surface area contributed by atoms with Crippen molar-refractivity contribution in [1.29, 1.82) is 0 Å². The summed E-state index contributed by atoms with van der Waals surface area (Å²) in [6.45, 7) is 2.06. The lowest BCUT2D eigenvalue weighted by Crippen LogP contribution is -2.19. The Balaban J connectivity index is 2.23. The van der Waals surface area contributed by atoms with Gasteiger partial charge in [0.05, 0.1) is 5.69 Å². The zero-order valence-corrected chi connectivity index (χ0v) is 11.7. The largest absolute Gasteiger partial charge is 0.409 e. The Morgan fingerprint density at radius 1 is 1.19 bits per heavy atom. The van der Waals surface area contributed by atoms with Gasteiger partial charge in [-0.05, 0) is 36.2 Å². The minimum atomic E-state index is -0.240. The highest BCUT2D eigenvalue weighted by atomic mass is 16.4. The Hall–Kier alpha value is -2.82. The van der Waals surface area contributed by atoms with Gasteiger partial charge in [0.15, 0.2) is 5.84 Å². The molecule has 0 aliphatic carbocycles. The fraction of sp³-hybridized carbons (Fsp3) is 0.125. The second-order valence-electron chi connectivity index (χ2n) is 4.54. The number of benzene rings is 2. The van der Waals surface area contributed by atoms with Crippen LogP contribution in [0.5, 0.6) is 0 Å². The third-order valence-electron chi connectivity index (χ3n) is 3.18. The van der Waals surface area contributed by atoms with Crippen LogP contribution in [0, 0.1) is 0 Å². The molecule has 0 atom stereocenters. The lowest BCUT2D eigenvalue weighted by Gasteiger charge is -2.10. The average molecular weight is 283 g/mol. The molecule has 0 bridgehead atoms. The number of nitrogens with zero attached hydrogens (tertiary/aromatic N) is 1. The van der Waals surface area contributed by atoms with Crippen LogP contribution in [0.1, 0.15) is 28.4 Å². The average Bonchev–Trinajstić information content (AvgIpc) is 2.54. The van der Waals surface area contributed by atoms with Crippen molar-refractivity contribution >= 4 is 17.4 Å². The van der Waals surface area contributed by atoms with Gasteiger partial charge in [-0.3, -0.25) is 4.79 Å². The molecule has 2 aromatic carbocycles. The van der Waals surface area contributed by atoms with Crippen molar-refractivity contribution in [2.24, 2.45) is 10.9 Å². The zero-order chi connectivity index (χ0) is 15.2. The number of oxime groups is 1. The molecular weight excluding hydrogens is 266 g/mol. The highest BCUT2D eigenvalue weighted by molar-refractivity contribution is 6.09. The van der Waals surface area contributed by atoms with Crippen molar-refractivity contribution in [3.05, 3.63) is 65.2 Å². The molecule has 2 aromatic rings. The van der Waals surface area contributed by atoms with Crippen LogP contribution in [0.3, 0.4) is 0 Å². The molecule has 1 amide bonds. The normalized spacial score (nSPS) is 11.2. The quantitative estimate of drug-likeness (QED) is 0.349. The Kier molecular flexibility index (Phi) is 4.56. The van der Waals surface area contributed by atoms with E-state index >= 15 is 0 Å². The molecular formula is C16H17N3O2. The monoisotopic (exact) mass is 283 g/mol. The highest BCUT2D eigenvalue weighted by Gasteiger charge is 2.11. The van der Waals surface area contributed by atoms with E-state index < -0.39 is 0 Å². The van der Waals surface area contributed by atoms with Gasteiger partial charge < -0.3 is 16.3 Å². The molecule has 4 N–H and O–H groups in total. The summed E-state index contributed by atoms with van der Waals surface area (Å²) in [5.74, 6) is -0.289. The van der Waals surface area contributed by atoms with Gasteiger partial charge in [0, 0.05) is 11.1 Å². The van der Waals surface area contributed by atoms with E-state index in [-0.39, 0.29) is 11.7 Å². The van der Waals surface area contributed by atoms with Crippen molar-refractivity contribution in [2.75, 3.05) is 5.32 Å². The van der Waals surface area contributed by atoms with Crippen LogP contribution in [-0.4, -0.2) is 17.0 Å². The minimum Gasteiger partial charge on any atom is -0.409 e. The molecule has 5 heteroatoms. The molecule has 0 saturated carbocycles.